The first-order valence-corrected chi connectivity index (χ1v) is 11.9. The molecule has 33 heavy (non-hydrogen) atoms. The Morgan fingerprint density at radius 1 is 0.939 bits per heavy atom. The molecule has 0 fully saturated rings. The van der Waals surface area contributed by atoms with Gasteiger partial charge in [-0.15, -0.1) is 10.2 Å². The average molecular weight is 521 g/mol. The van der Waals surface area contributed by atoms with Crippen LogP contribution < -0.4 is 10.6 Å². The summed E-state index contributed by atoms with van der Waals surface area (Å²) in [6.45, 7) is 1.96. The summed E-state index contributed by atoms with van der Waals surface area (Å²) >= 11 is 4.69. The summed E-state index contributed by atoms with van der Waals surface area (Å²) in [6, 6.07) is 23.7. The number of halogens is 1. The van der Waals surface area contributed by atoms with Crippen LogP contribution in [0.5, 0.6) is 0 Å². The lowest BCUT2D eigenvalue weighted by molar-refractivity contribution is -0.118. The van der Waals surface area contributed by atoms with E-state index in [1.54, 1.807) is 12.1 Å². The monoisotopic (exact) mass is 520 g/mol. The number of amides is 2. The Kier molecular flexibility index (Phi) is 7.26. The minimum absolute atomic E-state index is 0.307. The first-order chi connectivity index (χ1) is 16.0. The molecule has 1 heterocycles. The van der Waals surface area contributed by atoms with Gasteiger partial charge in [-0.3, -0.25) is 14.9 Å². The fourth-order valence-corrected chi connectivity index (χ4v) is 4.20. The van der Waals surface area contributed by atoms with Gasteiger partial charge in [0.2, 0.25) is 11.0 Å². The number of nitrogens with one attached hydrogen (secondary N) is 2. The zero-order valence-corrected chi connectivity index (χ0v) is 20.2. The first kappa shape index (κ1) is 22.8. The van der Waals surface area contributed by atoms with Crippen molar-refractivity contribution in [1.29, 1.82) is 0 Å². The Balaban J connectivity index is 1.50. The smallest absolute Gasteiger partial charge is 0.251 e. The summed E-state index contributed by atoms with van der Waals surface area (Å²) < 4.78 is 0.970. The van der Waals surface area contributed by atoms with Crippen molar-refractivity contribution in [3.05, 3.63) is 100 Å². The summed E-state index contributed by atoms with van der Waals surface area (Å²) in [6.07, 6.45) is 0.350. The van der Waals surface area contributed by atoms with Crippen molar-refractivity contribution >= 4 is 44.2 Å². The zero-order valence-electron chi connectivity index (χ0n) is 17.8. The van der Waals surface area contributed by atoms with Crippen molar-refractivity contribution in [2.24, 2.45) is 0 Å². The van der Waals surface area contributed by atoms with E-state index in [0.717, 1.165) is 21.2 Å². The molecule has 0 aliphatic heterocycles. The molecule has 0 radical (unpaired) electrons. The van der Waals surface area contributed by atoms with E-state index in [4.69, 9.17) is 0 Å². The quantitative estimate of drug-likeness (QED) is 0.348. The molecule has 0 saturated carbocycles. The molecule has 2 N–H and O–H groups in total. The van der Waals surface area contributed by atoms with Gasteiger partial charge in [-0.05, 0) is 36.8 Å². The van der Waals surface area contributed by atoms with Crippen LogP contribution >= 0.6 is 27.3 Å². The molecule has 4 aromatic rings. The minimum atomic E-state index is -0.777. The summed E-state index contributed by atoms with van der Waals surface area (Å²) in [5, 5.41) is 15.0. The number of hydrogen-bond acceptors (Lipinski definition) is 5. The van der Waals surface area contributed by atoms with Crippen molar-refractivity contribution in [1.82, 2.24) is 15.5 Å². The van der Waals surface area contributed by atoms with Gasteiger partial charge < -0.3 is 5.32 Å². The molecule has 1 atom stereocenters. The lowest BCUT2D eigenvalue weighted by Crippen LogP contribution is -2.45. The highest BCUT2D eigenvalue weighted by Crippen LogP contribution is 2.27. The van der Waals surface area contributed by atoms with Gasteiger partial charge in [0.05, 0.1) is 0 Å². The third-order valence-corrected chi connectivity index (χ3v) is 6.38. The van der Waals surface area contributed by atoms with Gasteiger partial charge in [0.1, 0.15) is 11.0 Å². The van der Waals surface area contributed by atoms with Crippen LogP contribution in [0.1, 0.15) is 21.5 Å². The second-order valence-electron chi connectivity index (χ2n) is 7.49. The predicted octanol–water partition coefficient (Wildman–Crippen LogP) is 5.26. The van der Waals surface area contributed by atoms with E-state index >= 15 is 0 Å². The number of benzene rings is 3. The van der Waals surface area contributed by atoms with E-state index in [9.17, 15) is 9.59 Å². The highest BCUT2D eigenvalue weighted by molar-refractivity contribution is 9.10. The molecule has 1 unspecified atom stereocenters. The van der Waals surface area contributed by atoms with Crippen LogP contribution in [0.4, 0.5) is 5.13 Å². The Morgan fingerprint density at radius 2 is 1.64 bits per heavy atom. The summed E-state index contributed by atoms with van der Waals surface area (Å²) in [5.41, 5.74) is 3.40. The molecule has 2 amide bonds. The molecule has 0 saturated heterocycles. The van der Waals surface area contributed by atoms with E-state index in [1.807, 2.05) is 73.7 Å². The van der Waals surface area contributed by atoms with Crippen LogP contribution in [-0.4, -0.2) is 28.1 Å². The molecule has 4 rings (SSSR count). The maximum atomic E-state index is 13.1. The van der Waals surface area contributed by atoms with E-state index in [0.29, 0.717) is 22.1 Å². The normalized spacial score (nSPS) is 11.6. The lowest BCUT2D eigenvalue weighted by Gasteiger charge is -2.18. The lowest BCUT2D eigenvalue weighted by atomic mass is 10.0. The fourth-order valence-electron chi connectivity index (χ4n) is 3.18. The predicted molar refractivity (Wildman–Crippen MR) is 134 cm³/mol. The number of hydrogen-bond donors (Lipinski definition) is 2. The number of anilines is 1. The Bertz CT molecular complexity index is 1240. The topological polar surface area (TPSA) is 84.0 Å². The number of carbonyl (C=O) groups excluding carboxylic acids is 2. The van der Waals surface area contributed by atoms with Crippen LogP contribution in [0.15, 0.2) is 83.3 Å². The van der Waals surface area contributed by atoms with Gasteiger partial charge in [0.15, 0.2) is 0 Å². The Morgan fingerprint density at radius 3 is 2.33 bits per heavy atom. The van der Waals surface area contributed by atoms with Crippen LogP contribution in [0, 0.1) is 6.92 Å². The standard InChI is InChI=1S/C25H21BrN4O2S/c1-16-7-9-18(10-8-16)22(31)27-21(15-17-5-3-2-4-6-17)23(32)28-25-30-29-24(33-25)19-11-13-20(26)14-12-19/h2-14,21H,15H2,1H3,(H,27,31)(H,28,30,32). The van der Waals surface area contributed by atoms with Crippen molar-refractivity contribution in [3.63, 3.8) is 0 Å². The van der Waals surface area contributed by atoms with E-state index in [2.05, 4.69) is 36.8 Å². The highest BCUT2D eigenvalue weighted by Gasteiger charge is 2.23. The Hall–Kier alpha value is -3.36. The van der Waals surface area contributed by atoms with Gasteiger partial charge in [0.25, 0.3) is 5.91 Å². The summed E-state index contributed by atoms with van der Waals surface area (Å²) in [4.78, 5) is 25.9. The Labute approximate surface area is 204 Å². The number of carbonyl (C=O) groups is 2. The van der Waals surface area contributed by atoms with Crippen LogP contribution in [0.25, 0.3) is 10.6 Å². The SMILES string of the molecule is Cc1ccc(C(=O)NC(Cc2ccccc2)C(=O)Nc2nnc(-c3ccc(Br)cc3)s2)cc1. The number of aromatic nitrogens is 2. The van der Waals surface area contributed by atoms with Crippen molar-refractivity contribution in [2.75, 3.05) is 5.32 Å². The average Bonchev–Trinajstić information content (AvgIpc) is 3.28. The molecular weight excluding hydrogens is 500 g/mol. The third kappa shape index (κ3) is 6.12. The summed E-state index contributed by atoms with van der Waals surface area (Å²) in [7, 11) is 0. The van der Waals surface area contributed by atoms with E-state index in [1.165, 1.54) is 11.3 Å². The summed E-state index contributed by atoms with van der Waals surface area (Å²) in [5.74, 6) is -0.656. The van der Waals surface area contributed by atoms with Gasteiger partial charge >= 0.3 is 0 Å². The van der Waals surface area contributed by atoms with Gasteiger partial charge in [-0.2, -0.15) is 0 Å². The minimum Gasteiger partial charge on any atom is -0.340 e. The van der Waals surface area contributed by atoms with Crippen molar-refractivity contribution < 1.29 is 9.59 Å². The van der Waals surface area contributed by atoms with E-state index in [-0.39, 0.29) is 11.8 Å². The largest absolute Gasteiger partial charge is 0.340 e. The van der Waals surface area contributed by atoms with Crippen molar-refractivity contribution in [2.45, 2.75) is 19.4 Å². The second-order valence-corrected chi connectivity index (χ2v) is 9.38. The maximum Gasteiger partial charge on any atom is 0.251 e. The number of nitrogens with zero attached hydrogens (tertiary/aromatic N) is 2. The molecular formula is C25H21BrN4O2S. The maximum absolute atomic E-state index is 13.1. The van der Waals surface area contributed by atoms with Gasteiger partial charge in [-0.25, -0.2) is 0 Å². The van der Waals surface area contributed by atoms with Crippen LogP contribution in [0.2, 0.25) is 0 Å². The number of rotatable bonds is 7. The molecule has 8 heteroatoms. The van der Waals surface area contributed by atoms with Crippen LogP contribution in [-0.2, 0) is 11.2 Å². The van der Waals surface area contributed by atoms with E-state index < -0.39 is 6.04 Å². The molecule has 0 bridgehead atoms. The highest BCUT2D eigenvalue weighted by atomic mass is 79.9. The van der Waals surface area contributed by atoms with Crippen molar-refractivity contribution in [3.8, 4) is 10.6 Å². The molecule has 0 aliphatic rings. The fraction of sp³-hybridized carbons (Fsp3) is 0.120. The first-order valence-electron chi connectivity index (χ1n) is 10.3. The number of aryl methyl sites for hydroxylation is 1. The van der Waals surface area contributed by atoms with Crippen LogP contribution in [0.3, 0.4) is 0 Å². The molecule has 3 aromatic carbocycles. The molecule has 1 aromatic heterocycles. The molecule has 0 spiro atoms. The molecule has 6 nitrogen and oxygen atoms in total. The molecule has 0 aliphatic carbocycles. The van der Waals surface area contributed by atoms with Gasteiger partial charge in [0, 0.05) is 22.0 Å². The van der Waals surface area contributed by atoms with Gasteiger partial charge in [-0.1, -0.05) is 87.4 Å². The zero-order chi connectivity index (χ0) is 23.2. The molecule has 166 valence electrons. The third-order valence-electron chi connectivity index (χ3n) is 4.96. The second kappa shape index (κ2) is 10.5.